The molecule has 0 radical (unpaired) electrons. The van der Waals surface area contributed by atoms with Crippen LogP contribution in [0.2, 0.25) is 10.0 Å². The van der Waals surface area contributed by atoms with Crippen LogP contribution < -0.4 is 5.32 Å². The highest BCUT2D eigenvalue weighted by Gasteiger charge is 2.15. The van der Waals surface area contributed by atoms with Gasteiger partial charge in [-0.3, -0.25) is 9.48 Å². The van der Waals surface area contributed by atoms with E-state index in [1.165, 1.54) is 0 Å². The lowest BCUT2D eigenvalue weighted by Gasteiger charge is -2.13. The molecule has 4 nitrogen and oxygen atoms in total. The summed E-state index contributed by atoms with van der Waals surface area (Å²) in [6, 6.07) is 4.64. The molecule has 1 amide bonds. The average Bonchev–Trinajstić information content (AvgIpc) is 2.79. The smallest absolute Gasteiger partial charge is 0.253 e. The van der Waals surface area contributed by atoms with Crippen LogP contribution >= 0.6 is 23.2 Å². The van der Waals surface area contributed by atoms with Crippen LogP contribution in [0.3, 0.4) is 0 Å². The van der Waals surface area contributed by atoms with E-state index in [1.807, 2.05) is 20.2 Å². The van der Waals surface area contributed by atoms with E-state index in [4.69, 9.17) is 23.2 Å². The quantitative estimate of drug-likeness (QED) is 0.945. The molecule has 0 unspecified atom stereocenters. The van der Waals surface area contributed by atoms with Crippen LogP contribution in [0, 0.1) is 0 Å². The Morgan fingerprint density at radius 1 is 1.42 bits per heavy atom. The van der Waals surface area contributed by atoms with E-state index in [2.05, 4.69) is 10.4 Å². The van der Waals surface area contributed by atoms with Crippen molar-refractivity contribution in [3.8, 4) is 0 Å². The molecule has 0 aliphatic carbocycles. The zero-order chi connectivity index (χ0) is 14.0. The fraction of sp³-hybridized carbons (Fsp3) is 0.231. The number of aromatic nitrogens is 2. The molecule has 1 aromatic heterocycles. The number of carbonyl (C=O) groups is 1. The fourth-order valence-electron chi connectivity index (χ4n) is 1.69. The zero-order valence-corrected chi connectivity index (χ0v) is 12.0. The molecule has 1 N–H and O–H groups in total. The van der Waals surface area contributed by atoms with Gasteiger partial charge in [0.1, 0.15) is 0 Å². The Labute approximate surface area is 121 Å². The van der Waals surface area contributed by atoms with Crippen molar-refractivity contribution in [3.63, 3.8) is 0 Å². The van der Waals surface area contributed by atoms with E-state index in [1.54, 1.807) is 29.1 Å². The number of rotatable bonds is 3. The van der Waals surface area contributed by atoms with Gasteiger partial charge in [-0.2, -0.15) is 5.10 Å². The second-order valence-corrected chi connectivity index (χ2v) is 5.11. The van der Waals surface area contributed by atoms with Crippen LogP contribution in [0.25, 0.3) is 0 Å². The number of halogens is 2. The van der Waals surface area contributed by atoms with Gasteiger partial charge >= 0.3 is 0 Å². The number of benzene rings is 1. The molecule has 0 aliphatic heterocycles. The van der Waals surface area contributed by atoms with Crippen molar-refractivity contribution in [2.45, 2.75) is 13.0 Å². The van der Waals surface area contributed by atoms with Gasteiger partial charge in [-0.05, 0) is 25.1 Å². The maximum absolute atomic E-state index is 12.1. The normalized spacial score (nSPS) is 12.2. The first-order valence-electron chi connectivity index (χ1n) is 5.72. The highest BCUT2D eigenvalue weighted by atomic mass is 35.5. The number of hydrogen-bond acceptors (Lipinski definition) is 2. The maximum atomic E-state index is 12.1. The van der Waals surface area contributed by atoms with Crippen molar-refractivity contribution in [2.24, 2.45) is 7.05 Å². The minimum absolute atomic E-state index is 0.156. The molecule has 19 heavy (non-hydrogen) atoms. The summed E-state index contributed by atoms with van der Waals surface area (Å²) in [5, 5.41) is 7.78. The predicted octanol–water partition coefficient (Wildman–Crippen LogP) is 3.22. The summed E-state index contributed by atoms with van der Waals surface area (Å²) >= 11 is 11.9. The number of aryl methyl sites for hydroxylation is 1. The summed E-state index contributed by atoms with van der Waals surface area (Å²) in [5.74, 6) is -0.260. The molecule has 1 aromatic carbocycles. The summed E-state index contributed by atoms with van der Waals surface area (Å²) in [4.78, 5) is 12.1. The Morgan fingerprint density at radius 2 is 2.16 bits per heavy atom. The minimum atomic E-state index is -0.260. The topological polar surface area (TPSA) is 46.9 Å². The lowest BCUT2D eigenvalue weighted by Crippen LogP contribution is -2.26. The molecule has 0 spiro atoms. The Kier molecular flexibility index (Phi) is 4.12. The van der Waals surface area contributed by atoms with Crippen LogP contribution in [0.15, 0.2) is 30.6 Å². The lowest BCUT2D eigenvalue weighted by molar-refractivity contribution is 0.0940. The summed E-state index contributed by atoms with van der Waals surface area (Å²) < 4.78 is 1.68. The average molecular weight is 298 g/mol. The van der Waals surface area contributed by atoms with Gasteiger partial charge in [0, 0.05) is 23.8 Å². The summed E-state index contributed by atoms with van der Waals surface area (Å²) in [6.45, 7) is 1.88. The van der Waals surface area contributed by atoms with Gasteiger partial charge in [-0.1, -0.05) is 23.2 Å². The first-order valence-corrected chi connectivity index (χ1v) is 6.47. The second-order valence-electron chi connectivity index (χ2n) is 4.27. The SMILES string of the molecule is C[C@@H](NC(=O)c1cc(Cl)ccc1Cl)c1cnn(C)c1. The van der Waals surface area contributed by atoms with Crippen LogP contribution in [0.1, 0.15) is 28.9 Å². The molecule has 100 valence electrons. The number of amides is 1. The Balaban J connectivity index is 2.15. The summed E-state index contributed by atoms with van der Waals surface area (Å²) in [6.07, 6.45) is 3.56. The van der Waals surface area contributed by atoms with E-state index in [0.717, 1.165) is 5.56 Å². The van der Waals surface area contributed by atoms with Crippen molar-refractivity contribution in [3.05, 3.63) is 51.8 Å². The van der Waals surface area contributed by atoms with Gasteiger partial charge in [0.15, 0.2) is 0 Å². The first kappa shape index (κ1) is 13.9. The van der Waals surface area contributed by atoms with E-state index >= 15 is 0 Å². The molecule has 0 aliphatic rings. The van der Waals surface area contributed by atoms with Crippen LogP contribution in [-0.2, 0) is 7.05 Å². The number of carbonyl (C=O) groups excluding carboxylic acids is 1. The van der Waals surface area contributed by atoms with E-state index in [9.17, 15) is 4.79 Å². The monoisotopic (exact) mass is 297 g/mol. The standard InChI is InChI=1S/C13H13Cl2N3O/c1-8(9-6-16-18(2)7-9)17-13(19)11-5-10(14)3-4-12(11)15/h3-8H,1-2H3,(H,17,19)/t8-/m1/s1. The maximum Gasteiger partial charge on any atom is 0.253 e. The number of nitrogens with one attached hydrogen (secondary N) is 1. The Morgan fingerprint density at radius 3 is 2.79 bits per heavy atom. The molecule has 1 atom stereocenters. The molecule has 0 fully saturated rings. The van der Waals surface area contributed by atoms with Crippen molar-refractivity contribution < 1.29 is 4.79 Å². The van der Waals surface area contributed by atoms with Gasteiger partial charge in [0.2, 0.25) is 0 Å². The van der Waals surface area contributed by atoms with Crippen molar-refractivity contribution in [2.75, 3.05) is 0 Å². The van der Waals surface area contributed by atoms with Gasteiger partial charge < -0.3 is 5.32 Å². The minimum Gasteiger partial charge on any atom is -0.345 e. The van der Waals surface area contributed by atoms with Gasteiger partial charge in [0.25, 0.3) is 5.91 Å². The molecule has 2 rings (SSSR count). The largest absolute Gasteiger partial charge is 0.345 e. The van der Waals surface area contributed by atoms with Gasteiger partial charge in [0.05, 0.1) is 22.8 Å². The van der Waals surface area contributed by atoms with Gasteiger partial charge in [-0.15, -0.1) is 0 Å². The molecule has 2 aromatic rings. The zero-order valence-electron chi connectivity index (χ0n) is 10.5. The van der Waals surface area contributed by atoms with Crippen molar-refractivity contribution in [1.82, 2.24) is 15.1 Å². The highest BCUT2D eigenvalue weighted by Crippen LogP contribution is 2.21. The van der Waals surface area contributed by atoms with Crippen LogP contribution in [-0.4, -0.2) is 15.7 Å². The van der Waals surface area contributed by atoms with Crippen LogP contribution in [0.4, 0.5) is 0 Å². The summed E-state index contributed by atoms with van der Waals surface area (Å²) in [5.41, 5.74) is 1.29. The molecular weight excluding hydrogens is 285 g/mol. The molecule has 0 saturated heterocycles. The third-order valence-electron chi connectivity index (χ3n) is 2.75. The van der Waals surface area contributed by atoms with E-state index in [0.29, 0.717) is 15.6 Å². The predicted molar refractivity (Wildman–Crippen MR) is 75.6 cm³/mol. The van der Waals surface area contributed by atoms with Crippen molar-refractivity contribution in [1.29, 1.82) is 0 Å². The number of nitrogens with zero attached hydrogens (tertiary/aromatic N) is 2. The Bertz CT molecular complexity index is 610. The Hall–Kier alpha value is -1.52. The second kappa shape index (κ2) is 5.63. The third kappa shape index (κ3) is 3.28. The fourth-order valence-corrected chi connectivity index (χ4v) is 2.07. The van der Waals surface area contributed by atoms with E-state index < -0.39 is 0 Å². The molecule has 6 heteroatoms. The first-order chi connectivity index (χ1) is 8.97. The molecule has 1 heterocycles. The number of hydrogen-bond donors (Lipinski definition) is 1. The van der Waals surface area contributed by atoms with Gasteiger partial charge in [-0.25, -0.2) is 0 Å². The third-order valence-corrected chi connectivity index (χ3v) is 3.31. The van der Waals surface area contributed by atoms with Crippen molar-refractivity contribution >= 4 is 29.1 Å². The molecule has 0 bridgehead atoms. The lowest BCUT2D eigenvalue weighted by atomic mass is 10.1. The van der Waals surface area contributed by atoms with E-state index in [-0.39, 0.29) is 11.9 Å². The van der Waals surface area contributed by atoms with Crippen LogP contribution in [0.5, 0.6) is 0 Å². The molecular formula is C13H13Cl2N3O. The summed E-state index contributed by atoms with van der Waals surface area (Å²) in [7, 11) is 1.83. The highest BCUT2D eigenvalue weighted by molar-refractivity contribution is 6.35. The molecule has 0 saturated carbocycles.